The highest BCUT2D eigenvalue weighted by Gasteiger charge is 2.34. The number of aromatic carboxylic acids is 1. The Labute approximate surface area is 228 Å². The monoisotopic (exact) mass is 534 g/mol. The Kier molecular flexibility index (Phi) is 5.52. The van der Waals surface area contributed by atoms with Crippen LogP contribution in [-0.2, 0) is 0 Å². The molecule has 1 aliphatic carbocycles. The van der Waals surface area contributed by atoms with Crippen molar-refractivity contribution in [3.05, 3.63) is 101 Å². The second-order valence-electron chi connectivity index (χ2n) is 9.86. The van der Waals surface area contributed by atoms with Gasteiger partial charge in [0.25, 0.3) is 0 Å². The first-order valence-corrected chi connectivity index (χ1v) is 12.9. The number of nitrogens with zero attached hydrogens (tertiary/aromatic N) is 3. The Balaban J connectivity index is 1.34. The molecule has 0 radical (unpaired) electrons. The number of carboxylic acid groups (broad SMARTS) is 1. The lowest BCUT2D eigenvalue weighted by Gasteiger charge is -2.37. The molecular weight excluding hydrogens is 511 g/mol. The van der Waals surface area contributed by atoms with Crippen LogP contribution in [-0.4, -0.2) is 48.2 Å². The summed E-state index contributed by atoms with van der Waals surface area (Å²) in [5.41, 5.74) is 4.77. The number of fused-ring (bicyclic) bond motifs is 2. The molecule has 9 heteroatoms. The van der Waals surface area contributed by atoms with Crippen molar-refractivity contribution in [2.45, 2.75) is 0 Å². The van der Waals surface area contributed by atoms with Gasteiger partial charge < -0.3 is 24.7 Å². The summed E-state index contributed by atoms with van der Waals surface area (Å²) in [6, 6.07) is 22.4. The molecule has 1 saturated heterocycles. The van der Waals surface area contributed by atoms with E-state index >= 15 is 0 Å². The van der Waals surface area contributed by atoms with E-state index in [9.17, 15) is 19.1 Å². The van der Waals surface area contributed by atoms with Crippen molar-refractivity contribution < 1.29 is 23.6 Å². The summed E-state index contributed by atoms with van der Waals surface area (Å²) >= 11 is 0. The molecular formula is C31H23FN4O4. The van der Waals surface area contributed by atoms with Gasteiger partial charge in [-0.2, -0.15) is 0 Å². The van der Waals surface area contributed by atoms with Gasteiger partial charge in [-0.15, -0.1) is 0 Å². The molecule has 0 unspecified atom stereocenters. The summed E-state index contributed by atoms with van der Waals surface area (Å²) in [7, 11) is 0. The predicted molar refractivity (Wildman–Crippen MR) is 150 cm³/mol. The van der Waals surface area contributed by atoms with Crippen molar-refractivity contribution >= 4 is 45.4 Å². The van der Waals surface area contributed by atoms with Crippen LogP contribution in [0.4, 0.5) is 27.1 Å². The standard InChI is InChI=1S/C31H23FN4O4/c32-22-10-3-4-11-24(22)35-12-14-36(15-13-35)25-17-23(33-19-7-5-6-18(16-19)31(38)39)26-27-28(25)34-40-30(27)21-9-2-1-8-20(21)29(26)37/h1-11,16-17,33H,12-15H2,(H,38,39). The summed E-state index contributed by atoms with van der Waals surface area (Å²) in [4.78, 5) is 29.6. The van der Waals surface area contributed by atoms with E-state index < -0.39 is 5.97 Å². The molecule has 0 atom stereocenters. The number of nitrogens with one attached hydrogen (secondary N) is 1. The van der Waals surface area contributed by atoms with Gasteiger partial charge in [-0.25, -0.2) is 9.18 Å². The highest BCUT2D eigenvalue weighted by atomic mass is 19.1. The van der Waals surface area contributed by atoms with Gasteiger partial charge in [0, 0.05) is 43.0 Å². The number of rotatable bonds is 5. The van der Waals surface area contributed by atoms with Crippen molar-refractivity contribution in [1.29, 1.82) is 0 Å². The minimum Gasteiger partial charge on any atom is -0.478 e. The van der Waals surface area contributed by atoms with Crippen molar-refractivity contribution in [3.63, 3.8) is 0 Å². The van der Waals surface area contributed by atoms with Crippen LogP contribution in [0.15, 0.2) is 83.4 Å². The lowest BCUT2D eigenvalue weighted by atomic mass is 9.86. The van der Waals surface area contributed by atoms with E-state index in [0.29, 0.717) is 76.6 Å². The first-order chi connectivity index (χ1) is 19.5. The van der Waals surface area contributed by atoms with Gasteiger partial charge in [0.05, 0.1) is 33.6 Å². The van der Waals surface area contributed by atoms with Crippen LogP contribution < -0.4 is 15.1 Å². The van der Waals surface area contributed by atoms with Gasteiger partial charge in [-0.3, -0.25) is 4.79 Å². The smallest absolute Gasteiger partial charge is 0.335 e. The summed E-state index contributed by atoms with van der Waals surface area (Å²) < 4.78 is 20.3. The lowest BCUT2D eigenvalue weighted by Crippen LogP contribution is -2.47. The van der Waals surface area contributed by atoms with Crippen molar-refractivity contribution in [1.82, 2.24) is 5.16 Å². The third-order valence-electron chi connectivity index (χ3n) is 7.58. The molecule has 1 fully saturated rings. The van der Waals surface area contributed by atoms with Crippen molar-refractivity contribution in [3.8, 4) is 11.3 Å². The predicted octanol–water partition coefficient (Wildman–Crippen LogP) is 5.95. The van der Waals surface area contributed by atoms with E-state index in [1.165, 1.54) is 18.2 Å². The van der Waals surface area contributed by atoms with Gasteiger partial charge in [0.1, 0.15) is 11.3 Å². The van der Waals surface area contributed by atoms with E-state index in [4.69, 9.17) is 4.52 Å². The van der Waals surface area contributed by atoms with Crippen molar-refractivity contribution in [2.24, 2.45) is 0 Å². The normalized spacial score (nSPS) is 14.4. The molecule has 0 bridgehead atoms. The quantitative estimate of drug-likeness (QED) is 0.280. The van der Waals surface area contributed by atoms with Gasteiger partial charge >= 0.3 is 5.97 Å². The van der Waals surface area contributed by atoms with Crippen LogP contribution in [0.25, 0.3) is 22.2 Å². The maximum Gasteiger partial charge on any atom is 0.335 e. The number of hydrogen-bond acceptors (Lipinski definition) is 7. The highest BCUT2D eigenvalue weighted by molar-refractivity contribution is 6.28. The van der Waals surface area contributed by atoms with Gasteiger partial charge in [0.15, 0.2) is 11.5 Å². The number of ketones is 1. The number of hydrogen-bond donors (Lipinski definition) is 2. The molecule has 198 valence electrons. The third-order valence-corrected chi connectivity index (χ3v) is 7.58. The fourth-order valence-electron chi connectivity index (χ4n) is 5.66. The number of aromatic nitrogens is 1. The zero-order chi connectivity index (χ0) is 27.4. The SMILES string of the molecule is O=C(O)c1cccc(Nc2cc(N3CCN(c4ccccc4F)CC3)c3noc4c3c2C(=O)c2ccccc2-4)c1. The average molecular weight is 535 g/mol. The highest BCUT2D eigenvalue weighted by Crippen LogP contribution is 2.46. The number of carbonyl (C=O) groups is 2. The fraction of sp³-hybridized carbons (Fsp3) is 0.129. The number of anilines is 4. The van der Waals surface area contributed by atoms with E-state index in [-0.39, 0.29) is 17.2 Å². The molecule has 7 rings (SSSR count). The zero-order valence-electron chi connectivity index (χ0n) is 21.2. The number of para-hydroxylation sites is 1. The second-order valence-corrected chi connectivity index (χ2v) is 9.86. The first-order valence-electron chi connectivity index (χ1n) is 12.9. The Morgan fingerprint density at radius 2 is 1.57 bits per heavy atom. The maximum absolute atomic E-state index is 14.4. The first kappa shape index (κ1) is 23.9. The minimum absolute atomic E-state index is 0.131. The summed E-state index contributed by atoms with van der Waals surface area (Å²) in [6.07, 6.45) is 0. The number of benzene rings is 4. The molecule has 4 aromatic carbocycles. The van der Waals surface area contributed by atoms with Crippen LogP contribution in [0.1, 0.15) is 26.3 Å². The molecule has 1 aliphatic heterocycles. The summed E-state index contributed by atoms with van der Waals surface area (Å²) in [5, 5.41) is 17.8. The maximum atomic E-state index is 14.4. The molecule has 0 spiro atoms. The molecule has 40 heavy (non-hydrogen) atoms. The van der Waals surface area contributed by atoms with Crippen LogP contribution in [0.2, 0.25) is 0 Å². The second kappa shape index (κ2) is 9.23. The van der Waals surface area contributed by atoms with E-state index in [1.807, 2.05) is 35.2 Å². The molecule has 0 saturated carbocycles. The topological polar surface area (TPSA) is 98.9 Å². The summed E-state index contributed by atoms with van der Waals surface area (Å²) in [6.45, 7) is 2.40. The number of carboxylic acids is 1. The van der Waals surface area contributed by atoms with Crippen LogP contribution in [0.5, 0.6) is 0 Å². The molecule has 5 aromatic rings. The van der Waals surface area contributed by atoms with E-state index in [1.54, 1.807) is 30.3 Å². The third kappa shape index (κ3) is 3.78. The Bertz CT molecular complexity index is 1820. The van der Waals surface area contributed by atoms with Crippen LogP contribution in [0.3, 0.4) is 0 Å². The molecule has 1 aromatic heterocycles. The van der Waals surface area contributed by atoms with Gasteiger partial charge in [-0.1, -0.05) is 47.6 Å². The molecule has 8 nitrogen and oxygen atoms in total. The minimum atomic E-state index is -1.04. The lowest BCUT2D eigenvalue weighted by molar-refractivity contribution is 0.0696. The Hall–Kier alpha value is -5.18. The van der Waals surface area contributed by atoms with E-state index in [2.05, 4.69) is 15.4 Å². The fourth-order valence-corrected chi connectivity index (χ4v) is 5.66. The zero-order valence-corrected chi connectivity index (χ0v) is 21.2. The van der Waals surface area contributed by atoms with Gasteiger partial charge in [-0.05, 0) is 36.4 Å². The van der Waals surface area contributed by atoms with Gasteiger partial charge in [0.2, 0.25) is 0 Å². The van der Waals surface area contributed by atoms with Crippen LogP contribution >= 0.6 is 0 Å². The number of carbonyl (C=O) groups excluding carboxylic acids is 1. The molecule has 2 aliphatic rings. The Morgan fingerprint density at radius 3 is 2.33 bits per heavy atom. The summed E-state index contributed by atoms with van der Waals surface area (Å²) in [5.74, 6) is -0.933. The molecule has 2 heterocycles. The molecule has 2 N–H and O–H groups in total. The van der Waals surface area contributed by atoms with Crippen LogP contribution in [0, 0.1) is 5.82 Å². The Morgan fingerprint density at radius 1 is 0.875 bits per heavy atom. The number of piperazine rings is 1. The largest absolute Gasteiger partial charge is 0.478 e. The van der Waals surface area contributed by atoms with Crippen molar-refractivity contribution in [2.75, 3.05) is 41.3 Å². The number of halogens is 1. The van der Waals surface area contributed by atoms with E-state index in [0.717, 1.165) is 5.69 Å². The average Bonchev–Trinajstić information content (AvgIpc) is 3.42. The molecule has 0 amide bonds.